The normalized spacial score (nSPS) is 19.8. The molecule has 0 amide bonds. The van der Waals surface area contributed by atoms with Crippen LogP contribution in [0.5, 0.6) is 11.5 Å². The second-order valence-corrected chi connectivity index (χ2v) is 5.63. The SMILES string of the molecule is COCc1nc2n(n1)C(c1ccc(OC)cc1OC)CC(C)N2. The van der Waals surface area contributed by atoms with Crippen LogP contribution in [0, 0.1) is 0 Å². The summed E-state index contributed by atoms with van der Waals surface area (Å²) in [6.45, 7) is 2.53. The van der Waals surface area contributed by atoms with Crippen molar-refractivity contribution in [3.8, 4) is 11.5 Å². The first kappa shape index (κ1) is 15.6. The molecule has 1 N–H and O–H groups in total. The van der Waals surface area contributed by atoms with Crippen molar-refractivity contribution >= 4 is 5.95 Å². The Morgan fingerprint density at radius 2 is 2.09 bits per heavy atom. The second-order valence-electron chi connectivity index (χ2n) is 5.63. The van der Waals surface area contributed by atoms with Crippen LogP contribution in [0.3, 0.4) is 0 Å². The Kier molecular flexibility index (Phi) is 4.38. The molecule has 2 aromatic rings. The van der Waals surface area contributed by atoms with E-state index in [9.17, 15) is 0 Å². The topological polar surface area (TPSA) is 70.4 Å². The Balaban J connectivity index is 2.03. The Morgan fingerprint density at radius 1 is 1.26 bits per heavy atom. The van der Waals surface area contributed by atoms with E-state index in [0.29, 0.717) is 18.5 Å². The molecule has 1 aromatic heterocycles. The molecule has 7 heteroatoms. The number of methoxy groups -OCH3 is 3. The summed E-state index contributed by atoms with van der Waals surface area (Å²) in [7, 11) is 4.95. The fourth-order valence-corrected chi connectivity index (χ4v) is 2.94. The van der Waals surface area contributed by atoms with Crippen molar-refractivity contribution in [2.45, 2.75) is 32.0 Å². The van der Waals surface area contributed by atoms with Crippen molar-refractivity contribution in [1.82, 2.24) is 14.8 Å². The molecule has 2 unspecified atom stereocenters. The van der Waals surface area contributed by atoms with Crippen molar-refractivity contribution in [2.75, 3.05) is 26.6 Å². The minimum absolute atomic E-state index is 0.0558. The molecule has 0 fully saturated rings. The largest absolute Gasteiger partial charge is 0.497 e. The van der Waals surface area contributed by atoms with Crippen molar-refractivity contribution in [3.05, 3.63) is 29.6 Å². The molecule has 124 valence electrons. The minimum Gasteiger partial charge on any atom is -0.497 e. The molecular formula is C16H22N4O3. The van der Waals surface area contributed by atoms with Crippen LogP contribution in [-0.4, -0.2) is 42.1 Å². The lowest BCUT2D eigenvalue weighted by Gasteiger charge is -2.30. The van der Waals surface area contributed by atoms with Crippen LogP contribution in [-0.2, 0) is 11.3 Å². The number of rotatable bonds is 5. The maximum Gasteiger partial charge on any atom is 0.222 e. The van der Waals surface area contributed by atoms with Crippen LogP contribution < -0.4 is 14.8 Å². The number of anilines is 1. The quantitative estimate of drug-likeness (QED) is 0.911. The van der Waals surface area contributed by atoms with Gasteiger partial charge in [0.1, 0.15) is 18.1 Å². The number of benzene rings is 1. The highest BCUT2D eigenvalue weighted by molar-refractivity contribution is 5.45. The highest BCUT2D eigenvalue weighted by atomic mass is 16.5. The zero-order valence-electron chi connectivity index (χ0n) is 13.9. The second kappa shape index (κ2) is 6.45. The first-order chi connectivity index (χ1) is 11.2. The average molecular weight is 318 g/mol. The van der Waals surface area contributed by atoms with Crippen molar-refractivity contribution in [1.29, 1.82) is 0 Å². The number of fused-ring (bicyclic) bond motifs is 1. The first-order valence-electron chi connectivity index (χ1n) is 7.59. The molecule has 1 aliphatic heterocycles. The van der Waals surface area contributed by atoms with E-state index in [0.717, 1.165) is 29.4 Å². The van der Waals surface area contributed by atoms with Gasteiger partial charge in [-0.3, -0.25) is 0 Å². The van der Waals surface area contributed by atoms with Crippen molar-refractivity contribution in [2.24, 2.45) is 0 Å². The lowest BCUT2D eigenvalue weighted by Crippen LogP contribution is -2.31. The van der Waals surface area contributed by atoms with Crippen LogP contribution >= 0.6 is 0 Å². The molecule has 0 aliphatic carbocycles. The maximum atomic E-state index is 5.56. The summed E-state index contributed by atoms with van der Waals surface area (Å²) in [5.41, 5.74) is 1.07. The predicted octanol–water partition coefficient (Wildman–Crippen LogP) is 2.24. The molecule has 0 saturated heterocycles. The van der Waals surface area contributed by atoms with E-state index >= 15 is 0 Å². The molecule has 1 aromatic carbocycles. The van der Waals surface area contributed by atoms with Gasteiger partial charge in [-0.05, 0) is 25.5 Å². The molecule has 2 atom stereocenters. The zero-order chi connectivity index (χ0) is 16.4. The van der Waals surface area contributed by atoms with Crippen LogP contribution in [0.1, 0.15) is 30.8 Å². The van der Waals surface area contributed by atoms with Crippen LogP contribution in [0.4, 0.5) is 5.95 Å². The lowest BCUT2D eigenvalue weighted by atomic mass is 9.97. The molecule has 0 spiro atoms. The Bertz CT molecular complexity index is 686. The molecule has 3 rings (SSSR count). The highest BCUT2D eigenvalue weighted by Crippen LogP contribution is 2.37. The molecule has 2 heterocycles. The Morgan fingerprint density at radius 3 is 2.78 bits per heavy atom. The summed E-state index contributed by atoms with van der Waals surface area (Å²) in [6.07, 6.45) is 0.894. The first-order valence-corrected chi connectivity index (χ1v) is 7.59. The van der Waals surface area contributed by atoms with E-state index in [-0.39, 0.29) is 6.04 Å². The van der Waals surface area contributed by atoms with E-state index in [1.165, 1.54) is 0 Å². The molecule has 0 bridgehead atoms. The summed E-state index contributed by atoms with van der Waals surface area (Å²) in [4.78, 5) is 4.51. The molecule has 0 saturated carbocycles. The third-order valence-electron chi connectivity index (χ3n) is 4.00. The number of hydrogen-bond donors (Lipinski definition) is 1. The Labute approximate surface area is 135 Å². The molecular weight excluding hydrogens is 296 g/mol. The van der Waals surface area contributed by atoms with E-state index < -0.39 is 0 Å². The van der Waals surface area contributed by atoms with Gasteiger partial charge in [-0.2, -0.15) is 10.1 Å². The Hall–Kier alpha value is -2.28. The van der Waals surface area contributed by atoms with Crippen LogP contribution in [0.2, 0.25) is 0 Å². The van der Waals surface area contributed by atoms with Gasteiger partial charge in [-0.1, -0.05) is 0 Å². The van der Waals surface area contributed by atoms with E-state index in [2.05, 4.69) is 22.3 Å². The van der Waals surface area contributed by atoms with E-state index in [1.54, 1.807) is 21.3 Å². The number of ether oxygens (including phenoxy) is 3. The maximum absolute atomic E-state index is 5.56. The fraction of sp³-hybridized carbons (Fsp3) is 0.500. The number of hydrogen-bond acceptors (Lipinski definition) is 6. The van der Waals surface area contributed by atoms with Crippen molar-refractivity contribution in [3.63, 3.8) is 0 Å². The zero-order valence-corrected chi connectivity index (χ0v) is 13.9. The van der Waals surface area contributed by atoms with Gasteiger partial charge in [-0.25, -0.2) is 4.68 Å². The van der Waals surface area contributed by atoms with Crippen LogP contribution in [0.25, 0.3) is 0 Å². The van der Waals surface area contributed by atoms with Crippen molar-refractivity contribution < 1.29 is 14.2 Å². The van der Waals surface area contributed by atoms with Gasteiger partial charge in [0.2, 0.25) is 5.95 Å². The standard InChI is InChI=1S/C16H22N4O3/c1-10-7-13(12-6-5-11(22-3)8-14(12)23-4)20-16(17-10)18-15(19-20)9-21-2/h5-6,8,10,13H,7,9H2,1-4H3,(H,17,18,19). The van der Waals surface area contributed by atoms with E-state index in [4.69, 9.17) is 14.2 Å². The van der Waals surface area contributed by atoms with Gasteiger partial charge in [0.25, 0.3) is 0 Å². The van der Waals surface area contributed by atoms with Gasteiger partial charge in [-0.15, -0.1) is 0 Å². The van der Waals surface area contributed by atoms with Gasteiger partial charge >= 0.3 is 0 Å². The number of aromatic nitrogens is 3. The molecule has 23 heavy (non-hydrogen) atoms. The summed E-state index contributed by atoms with van der Waals surface area (Å²) in [5, 5.41) is 7.95. The van der Waals surface area contributed by atoms with Gasteiger partial charge in [0.15, 0.2) is 5.82 Å². The van der Waals surface area contributed by atoms with Crippen LogP contribution in [0.15, 0.2) is 18.2 Å². The average Bonchev–Trinajstić information content (AvgIpc) is 2.96. The van der Waals surface area contributed by atoms with Gasteiger partial charge in [0.05, 0.1) is 20.3 Å². The number of nitrogens with zero attached hydrogens (tertiary/aromatic N) is 3. The molecule has 0 radical (unpaired) electrons. The summed E-state index contributed by atoms with van der Waals surface area (Å²) in [5.74, 6) is 2.99. The summed E-state index contributed by atoms with van der Waals surface area (Å²) < 4.78 is 17.9. The monoisotopic (exact) mass is 318 g/mol. The number of nitrogens with one attached hydrogen (secondary N) is 1. The molecule has 7 nitrogen and oxygen atoms in total. The van der Waals surface area contributed by atoms with Gasteiger partial charge in [0, 0.05) is 24.8 Å². The third kappa shape index (κ3) is 2.96. The summed E-state index contributed by atoms with van der Waals surface area (Å²) in [6, 6.07) is 6.22. The fourth-order valence-electron chi connectivity index (χ4n) is 2.94. The molecule has 1 aliphatic rings. The third-order valence-corrected chi connectivity index (χ3v) is 4.00. The summed E-state index contributed by atoms with van der Waals surface area (Å²) >= 11 is 0. The van der Waals surface area contributed by atoms with Gasteiger partial charge < -0.3 is 19.5 Å². The minimum atomic E-state index is 0.0558. The van der Waals surface area contributed by atoms with E-state index in [1.807, 2.05) is 22.9 Å². The highest BCUT2D eigenvalue weighted by Gasteiger charge is 2.30. The predicted molar refractivity (Wildman–Crippen MR) is 86.1 cm³/mol. The smallest absolute Gasteiger partial charge is 0.222 e. The lowest BCUT2D eigenvalue weighted by molar-refractivity contribution is 0.177.